The van der Waals surface area contributed by atoms with Crippen LogP contribution in [0.3, 0.4) is 0 Å². The Balaban J connectivity index is 1.38. The van der Waals surface area contributed by atoms with Crippen molar-refractivity contribution in [1.29, 1.82) is 0 Å². The van der Waals surface area contributed by atoms with Crippen molar-refractivity contribution >= 4 is 17.2 Å². The zero-order chi connectivity index (χ0) is 20.1. The van der Waals surface area contributed by atoms with Gasteiger partial charge in [-0.05, 0) is 72.8 Å². The lowest BCUT2D eigenvalue weighted by molar-refractivity contribution is -0.127. The van der Waals surface area contributed by atoms with Gasteiger partial charge < -0.3 is 5.32 Å². The summed E-state index contributed by atoms with van der Waals surface area (Å²) < 4.78 is 13.3. The summed E-state index contributed by atoms with van der Waals surface area (Å²) in [5, 5.41) is 5.21. The van der Waals surface area contributed by atoms with Gasteiger partial charge in [-0.2, -0.15) is 0 Å². The lowest BCUT2D eigenvalue weighted by Crippen LogP contribution is -2.41. The Bertz CT molecular complexity index is 907. The van der Waals surface area contributed by atoms with E-state index in [1.54, 1.807) is 23.5 Å². The maximum Gasteiger partial charge on any atom is 0.223 e. The van der Waals surface area contributed by atoms with Crippen molar-refractivity contribution in [1.82, 2.24) is 15.2 Å². The number of aromatic nitrogens is 1. The van der Waals surface area contributed by atoms with Crippen molar-refractivity contribution in [3.05, 3.63) is 88.1 Å². The molecule has 1 aliphatic heterocycles. The zero-order valence-electron chi connectivity index (χ0n) is 16.1. The van der Waals surface area contributed by atoms with Crippen LogP contribution in [0, 0.1) is 11.7 Å². The molecule has 1 aromatic carbocycles. The number of benzene rings is 1. The molecule has 4 nitrogen and oxygen atoms in total. The van der Waals surface area contributed by atoms with E-state index in [1.807, 2.05) is 42.0 Å². The third kappa shape index (κ3) is 5.08. The number of carbonyl (C=O) groups is 1. The van der Waals surface area contributed by atoms with E-state index in [1.165, 1.54) is 17.7 Å². The molecule has 1 atom stereocenters. The highest BCUT2D eigenvalue weighted by Gasteiger charge is 2.27. The molecular formula is C23H24FN3OS. The van der Waals surface area contributed by atoms with Crippen LogP contribution >= 0.6 is 11.3 Å². The minimum absolute atomic E-state index is 0.00611. The Labute approximate surface area is 174 Å². The van der Waals surface area contributed by atoms with E-state index in [0.29, 0.717) is 0 Å². The summed E-state index contributed by atoms with van der Waals surface area (Å²) in [4.78, 5) is 20.5. The normalized spacial score (nSPS) is 16.4. The molecule has 1 N–H and O–H groups in total. The Morgan fingerprint density at radius 3 is 2.52 bits per heavy atom. The predicted octanol–water partition coefficient (Wildman–Crippen LogP) is 4.40. The third-order valence-corrected chi connectivity index (χ3v) is 6.37. The lowest BCUT2D eigenvalue weighted by atomic mass is 9.94. The SMILES string of the molecule is O=C(N[C@H](c1ccc(F)cc1)c1cccs1)C1CCN(Cc2ccncc2)CC1. The minimum Gasteiger partial charge on any atom is -0.344 e. The molecule has 1 amide bonds. The number of halogens is 1. The molecule has 0 bridgehead atoms. The molecule has 4 rings (SSSR count). The van der Waals surface area contributed by atoms with Gasteiger partial charge in [-0.1, -0.05) is 18.2 Å². The smallest absolute Gasteiger partial charge is 0.223 e. The molecule has 0 radical (unpaired) electrons. The van der Waals surface area contributed by atoms with E-state index in [2.05, 4.69) is 15.2 Å². The first-order chi connectivity index (χ1) is 14.2. The predicted molar refractivity (Wildman–Crippen MR) is 113 cm³/mol. The summed E-state index contributed by atoms with van der Waals surface area (Å²) in [6.07, 6.45) is 5.32. The number of likely N-dealkylation sites (tertiary alicyclic amines) is 1. The Morgan fingerprint density at radius 1 is 1.14 bits per heavy atom. The number of nitrogens with zero attached hydrogens (tertiary/aromatic N) is 2. The summed E-state index contributed by atoms with van der Waals surface area (Å²) in [6.45, 7) is 2.70. The van der Waals surface area contributed by atoms with Crippen LogP contribution in [0.4, 0.5) is 4.39 Å². The first kappa shape index (κ1) is 19.7. The second-order valence-corrected chi connectivity index (χ2v) is 8.39. The van der Waals surface area contributed by atoms with Crippen LogP contribution < -0.4 is 5.32 Å². The summed E-state index contributed by atoms with van der Waals surface area (Å²) in [6, 6.07) is 14.2. The number of nitrogens with one attached hydrogen (secondary N) is 1. The molecule has 29 heavy (non-hydrogen) atoms. The molecule has 0 saturated carbocycles. The standard InChI is InChI=1S/C23H24FN3OS/c24-20-5-3-18(4-6-20)22(21-2-1-15-29-21)26-23(28)19-9-13-27(14-10-19)16-17-7-11-25-12-8-17/h1-8,11-12,15,19,22H,9-10,13-14,16H2,(H,26,28)/t22-/m1/s1. The largest absolute Gasteiger partial charge is 0.344 e. The van der Waals surface area contributed by atoms with Crippen LogP contribution in [0.2, 0.25) is 0 Å². The van der Waals surface area contributed by atoms with Crippen molar-refractivity contribution in [3.8, 4) is 0 Å². The minimum atomic E-state index is -0.272. The average molecular weight is 410 g/mol. The lowest BCUT2D eigenvalue weighted by Gasteiger charge is -2.32. The second-order valence-electron chi connectivity index (χ2n) is 7.41. The van der Waals surface area contributed by atoms with Gasteiger partial charge in [-0.25, -0.2) is 4.39 Å². The molecule has 1 fully saturated rings. The maximum atomic E-state index is 13.3. The average Bonchev–Trinajstić information content (AvgIpc) is 3.28. The van der Waals surface area contributed by atoms with Crippen molar-refractivity contribution in [2.24, 2.45) is 5.92 Å². The summed E-state index contributed by atoms with van der Waals surface area (Å²) in [7, 11) is 0. The van der Waals surface area contributed by atoms with Crippen LogP contribution in [0.15, 0.2) is 66.3 Å². The van der Waals surface area contributed by atoms with E-state index >= 15 is 0 Å². The monoisotopic (exact) mass is 409 g/mol. The second kappa shape index (κ2) is 9.29. The summed E-state index contributed by atoms with van der Waals surface area (Å²) >= 11 is 1.60. The summed E-state index contributed by atoms with van der Waals surface area (Å²) in [5.41, 5.74) is 2.15. The highest BCUT2D eigenvalue weighted by Crippen LogP contribution is 2.28. The summed E-state index contributed by atoms with van der Waals surface area (Å²) in [5.74, 6) is -0.186. The van der Waals surface area contributed by atoms with Crippen molar-refractivity contribution in [2.75, 3.05) is 13.1 Å². The Kier molecular flexibility index (Phi) is 6.32. The topological polar surface area (TPSA) is 45.2 Å². The third-order valence-electron chi connectivity index (χ3n) is 5.43. The van der Waals surface area contributed by atoms with Gasteiger partial charge >= 0.3 is 0 Å². The van der Waals surface area contributed by atoms with Crippen LogP contribution in [0.5, 0.6) is 0 Å². The van der Waals surface area contributed by atoms with Gasteiger partial charge in [0.25, 0.3) is 0 Å². The maximum absolute atomic E-state index is 13.3. The van der Waals surface area contributed by atoms with Crippen LogP contribution in [0.25, 0.3) is 0 Å². The highest BCUT2D eigenvalue weighted by atomic mass is 32.1. The van der Waals surface area contributed by atoms with Crippen LogP contribution in [-0.4, -0.2) is 28.9 Å². The number of pyridine rings is 1. The molecule has 150 valence electrons. The first-order valence-corrected chi connectivity index (χ1v) is 10.8. The fourth-order valence-corrected chi connectivity index (χ4v) is 4.59. The number of thiophene rings is 1. The quantitative estimate of drug-likeness (QED) is 0.656. The van der Waals surface area contributed by atoms with Gasteiger partial charge in [0.05, 0.1) is 6.04 Å². The van der Waals surface area contributed by atoms with Gasteiger partial charge in [-0.15, -0.1) is 11.3 Å². The van der Waals surface area contributed by atoms with Gasteiger partial charge in [0.1, 0.15) is 5.82 Å². The fraction of sp³-hybridized carbons (Fsp3) is 0.304. The molecule has 3 aromatic rings. The molecular weight excluding hydrogens is 385 g/mol. The van der Waals surface area contributed by atoms with Crippen molar-refractivity contribution in [2.45, 2.75) is 25.4 Å². The highest BCUT2D eigenvalue weighted by molar-refractivity contribution is 7.10. The fourth-order valence-electron chi connectivity index (χ4n) is 3.79. The molecule has 0 aliphatic carbocycles. The van der Waals surface area contributed by atoms with E-state index in [-0.39, 0.29) is 23.7 Å². The van der Waals surface area contributed by atoms with Gasteiger partial charge in [0, 0.05) is 29.7 Å². The van der Waals surface area contributed by atoms with Crippen LogP contribution in [-0.2, 0) is 11.3 Å². The Morgan fingerprint density at radius 2 is 1.86 bits per heavy atom. The number of hydrogen-bond donors (Lipinski definition) is 1. The van der Waals surface area contributed by atoms with E-state index in [9.17, 15) is 9.18 Å². The van der Waals surface area contributed by atoms with Gasteiger partial charge in [-0.3, -0.25) is 14.7 Å². The van der Waals surface area contributed by atoms with Crippen molar-refractivity contribution in [3.63, 3.8) is 0 Å². The molecule has 1 aliphatic rings. The molecule has 0 unspecified atom stereocenters. The zero-order valence-corrected chi connectivity index (χ0v) is 16.9. The van der Waals surface area contributed by atoms with Gasteiger partial charge in [0.2, 0.25) is 5.91 Å². The number of piperidine rings is 1. The number of hydrogen-bond acceptors (Lipinski definition) is 4. The Hall–Kier alpha value is -2.57. The number of rotatable bonds is 6. The van der Waals surface area contributed by atoms with E-state index < -0.39 is 0 Å². The van der Waals surface area contributed by atoms with Gasteiger partial charge in [0.15, 0.2) is 0 Å². The molecule has 2 aromatic heterocycles. The first-order valence-electron chi connectivity index (χ1n) is 9.89. The molecule has 1 saturated heterocycles. The molecule has 3 heterocycles. The number of amides is 1. The number of carbonyl (C=O) groups excluding carboxylic acids is 1. The van der Waals surface area contributed by atoms with E-state index in [0.717, 1.165) is 42.9 Å². The van der Waals surface area contributed by atoms with Crippen LogP contribution in [0.1, 0.15) is 34.9 Å². The molecule has 6 heteroatoms. The molecule has 0 spiro atoms. The van der Waals surface area contributed by atoms with E-state index in [4.69, 9.17) is 0 Å². The van der Waals surface area contributed by atoms with Crippen molar-refractivity contribution < 1.29 is 9.18 Å².